The molecule has 4 unspecified atom stereocenters. The topological polar surface area (TPSA) is 98.7 Å². The van der Waals surface area contributed by atoms with Crippen LogP contribution in [-0.2, 0) is 40.3 Å². The van der Waals surface area contributed by atoms with Crippen LogP contribution in [0.2, 0.25) is 0 Å². The highest BCUT2D eigenvalue weighted by molar-refractivity contribution is 5.70. The van der Waals surface area contributed by atoms with E-state index in [0.29, 0.717) is 6.54 Å². The fraction of sp³-hybridized carbons (Fsp3) is 0.341. The van der Waals surface area contributed by atoms with Gasteiger partial charge in [-0.15, -0.1) is 0 Å². The van der Waals surface area contributed by atoms with Gasteiger partial charge in [-0.2, -0.15) is 0 Å². The summed E-state index contributed by atoms with van der Waals surface area (Å²) in [7, 11) is 3.34. The number of nitrogens with zero attached hydrogens (tertiary/aromatic N) is 1. The zero-order chi connectivity index (χ0) is 35.0. The van der Waals surface area contributed by atoms with E-state index in [1.165, 1.54) is 17.2 Å². The summed E-state index contributed by atoms with van der Waals surface area (Å²) >= 11 is 0. The van der Waals surface area contributed by atoms with Crippen molar-refractivity contribution in [1.82, 2.24) is 10.2 Å². The Bertz CT molecular complexity index is 1760. The van der Waals surface area contributed by atoms with Gasteiger partial charge >= 0.3 is 6.09 Å². The molecular weight excluding hydrogens is 632 g/mol. The van der Waals surface area contributed by atoms with Gasteiger partial charge in [0, 0.05) is 37.7 Å². The molecule has 2 N–H and O–H groups in total. The third-order valence-electron chi connectivity index (χ3n) is 9.63. The third kappa shape index (κ3) is 8.03. The molecule has 0 aromatic heterocycles. The van der Waals surface area contributed by atoms with E-state index >= 15 is 0 Å². The van der Waals surface area contributed by atoms with Crippen LogP contribution < -0.4 is 14.8 Å². The van der Waals surface area contributed by atoms with Crippen molar-refractivity contribution in [2.24, 2.45) is 5.92 Å². The number of amides is 1. The van der Waals surface area contributed by atoms with Crippen molar-refractivity contribution in [3.8, 4) is 22.6 Å². The Balaban J connectivity index is 1.22. The maximum atomic E-state index is 12.1. The second-order valence-electron chi connectivity index (χ2n) is 12.8. The molecule has 9 heteroatoms. The summed E-state index contributed by atoms with van der Waals surface area (Å²) in [6.45, 7) is 8.70. The van der Waals surface area contributed by atoms with Gasteiger partial charge in [0.1, 0.15) is 6.61 Å². The van der Waals surface area contributed by atoms with E-state index < -0.39 is 12.4 Å². The lowest BCUT2D eigenvalue weighted by atomic mass is 9.89. The summed E-state index contributed by atoms with van der Waals surface area (Å²) in [5.41, 5.74) is 8.36. The maximum absolute atomic E-state index is 12.1. The largest absolute Gasteiger partial charge is 0.493 e. The molecule has 9 nitrogen and oxygen atoms in total. The Morgan fingerprint density at radius 3 is 2.36 bits per heavy atom. The number of hydrogen-bond donors (Lipinski definition) is 2. The zero-order valence-electron chi connectivity index (χ0n) is 29.0. The van der Waals surface area contributed by atoms with Crippen LogP contribution >= 0.6 is 0 Å². The monoisotopic (exact) mass is 678 g/mol. The molecule has 4 aromatic carbocycles. The minimum absolute atomic E-state index is 0.00620. The minimum Gasteiger partial charge on any atom is -0.493 e. The van der Waals surface area contributed by atoms with Gasteiger partial charge in [-0.1, -0.05) is 92.4 Å². The molecule has 0 aliphatic carbocycles. The minimum atomic E-state index is -0.578. The predicted octanol–water partition coefficient (Wildman–Crippen LogP) is 7.13. The van der Waals surface area contributed by atoms with E-state index in [1.807, 2.05) is 48.5 Å². The lowest BCUT2D eigenvalue weighted by Gasteiger charge is -2.43. The normalized spacial score (nSPS) is 20.4. The standard InChI is InChI=1S/C41H46N2O7/c1-5-20-48-41(45)42-23-33-8-6-7-9-35(33)29-14-16-31(17-15-29)40-49-38(27(2)39(50-40)30-12-10-28(26-44)11-13-30)25-43-19-18-32-21-36(46-3)37(47-4)22-34(32)24-43/h5-17,21-22,27,38-40,44H,1,18-20,23-26H2,2-4H3,(H,42,45). The van der Waals surface area contributed by atoms with Crippen LogP contribution in [0.3, 0.4) is 0 Å². The number of hydrogen-bond acceptors (Lipinski definition) is 8. The molecule has 1 saturated heterocycles. The molecule has 0 radical (unpaired) electrons. The van der Waals surface area contributed by atoms with Gasteiger partial charge in [0.2, 0.25) is 0 Å². The summed E-state index contributed by atoms with van der Waals surface area (Å²) in [6.07, 6.45) is 1.07. The third-order valence-corrected chi connectivity index (χ3v) is 9.63. The van der Waals surface area contributed by atoms with Crippen LogP contribution in [0, 0.1) is 5.92 Å². The van der Waals surface area contributed by atoms with Gasteiger partial charge in [-0.25, -0.2) is 4.79 Å². The van der Waals surface area contributed by atoms with E-state index in [4.69, 9.17) is 23.7 Å². The van der Waals surface area contributed by atoms with Crippen molar-refractivity contribution in [3.63, 3.8) is 0 Å². The number of benzene rings is 4. The van der Waals surface area contributed by atoms with E-state index in [9.17, 15) is 9.90 Å². The summed E-state index contributed by atoms with van der Waals surface area (Å²) < 4.78 is 29.8. The number of aliphatic hydroxyl groups is 1. The Morgan fingerprint density at radius 1 is 0.960 bits per heavy atom. The van der Waals surface area contributed by atoms with Crippen LogP contribution in [-0.4, -0.2) is 56.1 Å². The lowest BCUT2D eigenvalue weighted by molar-refractivity contribution is -0.276. The lowest BCUT2D eigenvalue weighted by Crippen LogP contribution is -2.45. The van der Waals surface area contributed by atoms with Crippen LogP contribution in [0.5, 0.6) is 11.5 Å². The molecule has 4 atom stereocenters. The van der Waals surface area contributed by atoms with Crippen molar-refractivity contribution < 1.29 is 33.6 Å². The number of carbonyl (C=O) groups excluding carboxylic acids is 1. The van der Waals surface area contributed by atoms with E-state index in [1.54, 1.807) is 14.2 Å². The molecule has 50 heavy (non-hydrogen) atoms. The first-order chi connectivity index (χ1) is 24.4. The summed E-state index contributed by atoms with van der Waals surface area (Å²) in [4.78, 5) is 14.5. The highest BCUT2D eigenvalue weighted by Gasteiger charge is 2.39. The van der Waals surface area contributed by atoms with Crippen molar-refractivity contribution in [2.45, 2.75) is 51.5 Å². The fourth-order valence-corrected chi connectivity index (χ4v) is 6.81. The van der Waals surface area contributed by atoms with Crippen molar-refractivity contribution >= 4 is 6.09 Å². The summed E-state index contributed by atoms with van der Waals surface area (Å²) in [5.74, 6) is 1.56. The smallest absolute Gasteiger partial charge is 0.407 e. The van der Waals surface area contributed by atoms with E-state index in [-0.39, 0.29) is 31.3 Å². The molecule has 262 valence electrons. The molecule has 2 aliphatic heterocycles. The van der Waals surface area contributed by atoms with Crippen molar-refractivity contribution in [2.75, 3.05) is 33.9 Å². The van der Waals surface area contributed by atoms with Crippen LogP contribution in [0.4, 0.5) is 4.79 Å². The molecule has 1 amide bonds. The van der Waals surface area contributed by atoms with Crippen LogP contribution in [0.15, 0.2) is 97.6 Å². The molecular formula is C41H46N2O7. The molecule has 6 rings (SSSR count). The average molecular weight is 679 g/mol. The maximum Gasteiger partial charge on any atom is 0.407 e. The number of ether oxygens (including phenoxy) is 5. The van der Waals surface area contributed by atoms with Gasteiger partial charge in [0.15, 0.2) is 17.8 Å². The van der Waals surface area contributed by atoms with Crippen LogP contribution in [0.1, 0.15) is 52.7 Å². The first-order valence-electron chi connectivity index (χ1n) is 17.1. The molecule has 2 aliphatic rings. The second kappa shape index (κ2) is 16.4. The number of methoxy groups -OCH3 is 2. The molecule has 0 spiro atoms. The molecule has 2 heterocycles. The fourth-order valence-electron chi connectivity index (χ4n) is 6.81. The number of alkyl carbamates (subject to hydrolysis) is 1. The van der Waals surface area contributed by atoms with Gasteiger partial charge in [-0.3, -0.25) is 4.90 Å². The predicted molar refractivity (Wildman–Crippen MR) is 192 cm³/mol. The first kappa shape index (κ1) is 35.2. The summed E-state index contributed by atoms with van der Waals surface area (Å²) in [6, 6.07) is 28.4. The molecule has 4 aromatic rings. The number of fused-ring (bicyclic) bond motifs is 1. The molecule has 1 fully saturated rings. The number of aliphatic hydroxyl groups excluding tert-OH is 1. The Hall–Kier alpha value is -4.67. The average Bonchev–Trinajstić information content (AvgIpc) is 3.16. The Morgan fingerprint density at radius 2 is 1.66 bits per heavy atom. The van der Waals surface area contributed by atoms with Crippen LogP contribution in [0.25, 0.3) is 11.1 Å². The van der Waals surface area contributed by atoms with Crippen molar-refractivity contribution in [1.29, 1.82) is 0 Å². The quantitative estimate of drug-likeness (QED) is 0.153. The molecule has 0 bridgehead atoms. The zero-order valence-corrected chi connectivity index (χ0v) is 29.0. The number of carbonyl (C=O) groups is 1. The Labute approximate surface area is 294 Å². The Kier molecular flexibility index (Phi) is 11.5. The highest BCUT2D eigenvalue weighted by atomic mass is 16.7. The second-order valence-corrected chi connectivity index (χ2v) is 12.8. The van der Waals surface area contributed by atoms with Gasteiger partial charge in [0.05, 0.1) is 33.0 Å². The first-order valence-corrected chi connectivity index (χ1v) is 17.1. The van der Waals surface area contributed by atoms with E-state index in [0.717, 1.165) is 70.9 Å². The summed E-state index contributed by atoms with van der Waals surface area (Å²) in [5, 5.41) is 12.5. The van der Waals surface area contributed by atoms with Gasteiger partial charge < -0.3 is 34.1 Å². The van der Waals surface area contributed by atoms with Gasteiger partial charge in [-0.05, 0) is 57.5 Å². The number of rotatable bonds is 12. The SMILES string of the molecule is C=CCOC(=O)NCc1ccccc1-c1ccc(C2OC(CN3CCc4cc(OC)c(OC)cc4C3)C(C)C(c3ccc(CO)cc3)O2)cc1. The number of nitrogens with one attached hydrogen (secondary N) is 1. The van der Waals surface area contributed by atoms with Gasteiger partial charge in [0.25, 0.3) is 0 Å². The molecule has 0 saturated carbocycles. The highest BCUT2D eigenvalue weighted by Crippen LogP contribution is 2.43. The van der Waals surface area contributed by atoms with E-state index in [2.05, 4.69) is 60.1 Å². The van der Waals surface area contributed by atoms with Crippen molar-refractivity contribution in [3.05, 3.63) is 131 Å².